The van der Waals surface area contributed by atoms with E-state index in [4.69, 9.17) is 0 Å². The number of fused-ring (bicyclic) bond motifs is 1. The first-order valence-electron chi connectivity index (χ1n) is 5.91. The van der Waals surface area contributed by atoms with Crippen molar-refractivity contribution in [3.05, 3.63) is 36.2 Å². The number of nitrogens with zero attached hydrogens (tertiary/aromatic N) is 2. The molecule has 17 heavy (non-hydrogen) atoms. The maximum absolute atomic E-state index is 4.69. The van der Waals surface area contributed by atoms with Crippen LogP contribution in [0.1, 0.15) is 32.5 Å². The Hall–Kier alpha value is -1.48. The summed E-state index contributed by atoms with van der Waals surface area (Å²) < 4.78 is 0. The fourth-order valence-corrected chi connectivity index (χ4v) is 2.14. The van der Waals surface area contributed by atoms with E-state index in [0.717, 1.165) is 16.7 Å². The minimum Gasteiger partial charge on any atom is -0.311 e. The number of rotatable bonds is 2. The summed E-state index contributed by atoms with van der Waals surface area (Å²) in [4.78, 5) is 9.15. The molecule has 1 aromatic heterocycles. The zero-order valence-electron chi connectivity index (χ0n) is 10.9. The molecule has 1 unspecified atom stereocenters. The molecule has 0 fully saturated rings. The summed E-state index contributed by atoms with van der Waals surface area (Å²) in [5, 5.41) is 3.32. The lowest BCUT2D eigenvalue weighted by Gasteiger charge is -2.29. The van der Waals surface area contributed by atoms with Crippen molar-refractivity contribution in [2.75, 3.05) is 7.05 Å². The van der Waals surface area contributed by atoms with Crippen LogP contribution in [-0.4, -0.2) is 17.0 Å². The fourth-order valence-electron chi connectivity index (χ4n) is 2.14. The van der Waals surface area contributed by atoms with Crippen molar-refractivity contribution in [3.63, 3.8) is 0 Å². The van der Waals surface area contributed by atoms with E-state index in [0.29, 0.717) is 0 Å². The van der Waals surface area contributed by atoms with E-state index in [1.807, 2.05) is 37.5 Å². The summed E-state index contributed by atoms with van der Waals surface area (Å²) in [6.45, 7) is 6.60. The first-order valence-corrected chi connectivity index (χ1v) is 5.91. The van der Waals surface area contributed by atoms with Gasteiger partial charge < -0.3 is 5.32 Å². The van der Waals surface area contributed by atoms with Gasteiger partial charge in [-0.15, -0.1) is 0 Å². The lowest BCUT2D eigenvalue weighted by atomic mass is 9.85. The molecule has 2 aromatic rings. The van der Waals surface area contributed by atoms with Gasteiger partial charge in [-0.3, -0.25) is 4.98 Å². The quantitative estimate of drug-likeness (QED) is 0.860. The molecule has 0 aliphatic rings. The second-order valence-corrected chi connectivity index (χ2v) is 5.37. The maximum Gasteiger partial charge on any atom is 0.0890 e. The van der Waals surface area contributed by atoms with Gasteiger partial charge in [0.25, 0.3) is 0 Å². The molecule has 90 valence electrons. The summed E-state index contributed by atoms with van der Waals surface area (Å²) in [6, 6.07) is 8.17. The first-order chi connectivity index (χ1) is 8.02. The van der Waals surface area contributed by atoms with Crippen molar-refractivity contribution >= 4 is 11.0 Å². The molecule has 3 nitrogen and oxygen atoms in total. The Morgan fingerprint density at radius 3 is 2.35 bits per heavy atom. The van der Waals surface area contributed by atoms with E-state index in [9.17, 15) is 0 Å². The molecule has 0 radical (unpaired) electrons. The van der Waals surface area contributed by atoms with Gasteiger partial charge in [0.2, 0.25) is 0 Å². The number of benzene rings is 1. The normalized spacial score (nSPS) is 13.9. The smallest absolute Gasteiger partial charge is 0.0890 e. The SMILES string of the molecule is CNC(c1cnc2ccccc2n1)C(C)(C)C. The van der Waals surface area contributed by atoms with Gasteiger partial charge in [0.05, 0.1) is 29.0 Å². The third kappa shape index (κ3) is 2.44. The number of para-hydroxylation sites is 2. The summed E-state index contributed by atoms with van der Waals surface area (Å²) >= 11 is 0. The zero-order chi connectivity index (χ0) is 12.5. The number of hydrogen-bond acceptors (Lipinski definition) is 3. The molecule has 0 aliphatic heterocycles. The fraction of sp³-hybridized carbons (Fsp3) is 0.429. The lowest BCUT2D eigenvalue weighted by Crippen LogP contribution is -2.30. The number of nitrogens with one attached hydrogen (secondary N) is 1. The second kappa shape index (κ2) is 4.41. The Labute approximate surface area is 102 Å². The molecule has 0 amide bonds. The van der Waals surface area contributed by atoms with E-state index in [1.54, 1.807) is 0 Å². The van der Waals surface area contributed by atoms with Gasteiger partial charge in [-0.2, -0.15) is 0 Å². The predicted molar refractivity (Wildman–Crippen MR) is 70.8 cm³/mol. The van der Waals surface area contributed by atoms with Crippen LogP contribution in [-0.2, 0) is 0 Å². The Morgan fingerprint density at radius 2 is 1.76 bits per heavy atom. The minimum atomic E-state index is 0.117. The van der Waals surface area contributed by atoms with E-state index < -0.39 is 0 Å². The average molecular weight is 229 g/mol. The lowest BCUT2D eigenvalue weighted by molar-refractivity contribution is 0.281. The molecule has 1 atom stereocenters. The van der Waals surface area contributed by atoms with Gasteiger partial charge in [0.15, 0.2) is 0 Å². The highest BCUT2D eigenvalue weighted by molar-refractivity contribution is 5.73. The van der Waals surface area contributed by atoms with Crippen LogP contribution in [0, 0.1) is 5.41 Å². The Balaban J connectivity index is 2.48. The van der Waals surface area contributed by atoms with Crippen molar-refractivity contribution in [1.29, 1.82) is 0 Å². The Bertz CT molecular complexity index is 514. The van der Waals surface area contributed by atoms with Crippen molar-refractivity contribution in [2.45, 2.75) is 26.8 Å². The molecule has 1 N–H and O–H groups in total. The zero-order valence-corrected chi connectivity index (χ0v) is 10.9. The first kappa shape index (κ1) is 12.0. The Kier molecular flexibility index (Phi) is 3.11. The van der Waals surface area contributed by atoms with Crippen LogP contribution in [0.15, 0.2) is 30.5 Å². The molecule has 0 bridgehead atoms. The molecule has 1 heterocycles. The highest BCUT2D eigenvalue weighted by Crippen LogP contribution is 2.31. The molecule has 0 saturated carbocycles. The standard InChI is InChI=1S/C14H19N3/c1-14(2,3)13(15-4)12-9-16-10-7-5-6-8-11(10)17-12/h5-9,13,15H,1-4H3. The van der Waals surface area contributed by atoms with E-state index in [1.165, 1.54) is 0 Å². The molecular weight excluding hydrogens is 210 g/mol. The monoisotopic (exact) mass is 229 g/mol. The third-order valence-corrected chi connectivity index (χ3v) is 2.92. The van der Waals surface area contributed by atoms with Crippen molar-refractivity contribution < 1.29 is 0 Å². The van der Waals surface area contributed by atoms with Crippen molar-refractivity contribution in [2.24, 2.45) is 5.41 Å². The van der Waals surface area contributed by atoms with Crippen molar-refractivity contribution in [3.8, 4) is 0 Å². The Morgan fingerprint density at radius 1 is 1.12 bits per heavy atom. The highest BCUT2D eigenvalue weighted by Gasteiger charge is 2.26. The molecule has 0 saturated heterocycles. The van der Waals surface area contributed by atoms with Gasteiger partial charge in [0, 0.05) is 0 Å². The van der Waals surface area contributed by atoms with Gasteiger partial charge >= 0.3 is 0 Å². The molecule has 0 aliphatic carbocycles. The summed E-state index contributed by atoms with van der Waals surface area (Å²) in [5.41, 5.74) is 3.01. The summed E-state index contributed by atoms with van der Waals surface area (Å²) in [6.07, 6.45) is 1.87. The summed E-state index contributed by atoms with van der Waals surface area (Å²) in [7, 11) is 1.97. The second-order valence-electron chi connectivity index (χ2n) is 5.37. The number of aromatic nitrogens is 2. The van der Waals surface area contributed by atoms with Crippen LogP contribution in [0.25, 0.3) is 11.0 Å². The molecule has 1 aromatic carbocycles. The van der Waals surface area contributed by atoms with Gasteiger partial charge in [-0.1, -0.05) is 32.9 Å². The maximum atomic E-state index is 4.69. The van der Waals surface area contributed by atoms with E-state index >= 15 is 0 Å². The largest absolute Gasteiger partial charge is 0.311 e. The van der Waals surface area contributed by atoms with Crippen LogP contribution in [0.4, 0.5) is 0 Å². The third-order valence-electron chi connectivity index (χ3n) is 2.92. The topological polar surface area (TPSA) is 37.8 Å². The van der Waals surface area contributed by atoms with Crippen LogP contribution >= 0.6 is 0 Å². The van der Waals surface area contributed by atoms with Gasteiger partial charge in [0.1, 0.15) is 0 Å². The molecule has 0 spiro atoms. The van der Waals surface area contributed by atoms with E-state index in [2.05, 4.69) is 36.1 Å². The van der Waals surface area contributed by atoms with Crippen LogP contribution in [0.3, 0.4) is 0 Å². The average Bonchev–Trinajstić information content (AvgIpc) is 2.28. The van der Waals surface area contributed by atoms with Gasteiger partial charge in [-0.25, -0.2) is 4.98 Å². The number of hydrogen-bond donors (Lipinski definition) is 1. The van der Waals surface area contributed by atoms with Crippen LogP contribution in [0.2, 0.25) is 0 Å². The predicted octanol–water partition coefficient (Wildman–Crippen LogP) is 2.94. The molecular formula is C14H19N3. The summed E-state index contributed by atoms with van der Waals surface area (Å²) in [5.74, 6) is 0. The van der Waals surface area contributed by atoms with Crippen LogP contribution in [0.5, 0.6) is 0 Å². The van der Waals surface area contributed by atoms with Crippen molar-refractivity contribution in [1.82, 2.24) is 15.3 Å². The van der Waals surface area contributed by atoms with Crippen LogP contribution < -0.4 is 5.32 Å². The minimum absolute atomic E-state index is 0.117. The van der Waals surface area contributed by atoms with E-state index in [-0.39, 0.29) is 11.5 Å². The molecule has 3 heteroatoms. The van der Waals surface area contributed by atoms with Gasteiger partial charge in [-0.05, 0) is 24.6 Å². The molecule has 2 rings (SSSR count). The highest BCUT2D eigenvalue weighted by atomic mass is 14.9.